The average Bonchev–Trinajstić information content (AvgIpc) is 2.41. The van der Waals surface area contributed by atoms with Crippen LogP contribution in [0.3, 0.4) is 0 Å². The molecule has 0 spiro atoms. The number of nitrogens with one attached hydrogen (secondary N) is 1. The Kier molecular flexibility index (Phi) is 7.00. The fraction of sp³-hybridized carbons (Fsp3) is 0.385. The van der Waals surface area contributed by atoms with Crippen molar-refractivity contribution in [3.63, 3.8) is 0 Å². The lowest BCUT2D eigenvalue weighted by molar-refractivity contribution is -0.385. The van der Waals surface area contributed by atoms with E-state index < -0.39 is 4.92 Å². The van der Waals surface area contributed by atoms with Gasteiger partial charge in [0.2, 0.25) is 0 Å². The predicted molar refractivity (Wildman–Crippen MR) is 77.2 cm³/mol. The van der Waals surface area contributed by atoms with Crippen LogP contribution in [0.25, 0.3) is 0 Å². The Labute approximate surface area is 122 Å². The molecule has 0 fully saturated rings. The molecule has 0 aromatic heterocycles. The third kappa shape index (κ3) is 5.56. The Balaban J connectivity index is 2.75. The van der Waals surface area contributed by atoms with Crippen molar-refractivity contribution in [2.45, 2.75) is 6.54 Å². The zero-order valence-electron chi connectivity index (χ0n) is 11.2. The lowest BCUT2D eigenvalue weighted by atomic mass is 10.2. The number of nitrogens with zero attached hydrogens (tertiary/aromatic N) is 1. The second-order valence-corrected chi connectivity index (χ2v) is 4.57. The average molecular weight is 301 g/mol. The molecule has 1 rings (SSSR count). The minimum absolute atomic E-state index is 0.0307. The molecule has 1 aromatic carbocycles. The first-order valence-electron chi connectivity index (χ1n) is 5.97. The molecule has 0 aliphatic carbocycles. The van der Waals surface area contributed by atoms with Gasteiger partial charge in [0, 0.05) is 31.3 Å². The highest BCUT2D eigenvalue weighted by Crippen LogP contribution is 2.28. The van der Waals surface area contributed by atoms with E-state index in [1.807, 2.05) is 0 Å². The Morgan fingerprint density at radius 3 is 2.90 bits per heavy atom. The van der Waals surface area contributed by atoms with Crippen LogP contribution < -0.4 is 10.1 Å². The molecule has 1 N–H and O–H groups in total. The first-order valence-corrected chi connectivity index (χ1v) is 6.35. The van der Waals surface area contributed by atoms with Crippen LogP contribution in [0.15, 0.2) is 29.8 Å². The topological polar surface area (TPSA) is 73.6 Å². The molecule has 7 heteroatoms. The molecule has 20 heavy (non-hydrogen) atoms. The van der Waals surface area contributed by atoms with Gasteiger partial charge in [0.05, 0.1) is 11.5 Å². The van der Waals surface area contributed by atoms with Crippen LogP contribution in [0.4, 0.5) is 5.69 Å². The maximum Gasteiger partial charge on any atom is 0.310 e. The van der Waals surface area contributed by atoms with Gasteiger partial charge in [0.15, 0.2) is 5.75 Å². The highest BCUT2D eigenvalue weighted by molar-refractivity contribution is 6.29. The summed E-state index contributed by atoms with van der Waals surface area (Å²) in [5.41, 5.74) is 0.783. The standard InChI is InChI=1S/C13H17ClN2O4/c1-10(14)9-20-13-7-11(8-15-5-6-19-2)3-4-12(13)16(17)18/h3-4,7,15H,1,5-6,8-9H2,2H3. The van der Waals surface area contributed by atoms with Gasteiger partial charge in [-0.1, -0.05) is 24.2 Å². The Morgan fingerprint density at radius 2 is 2.30 bits per heavy atom. The Hall–Kier alpha value is -1.63. The lowest BCUT2D eigenvalue weighted by Crippen LogP contribution is -2.18. The van der Waals surface area contributed by atoms with Crippen molar-refractivity contribution in [2.24, 2.45) is 0 Å². The van der Waals surface area contributed by atoms with Crippen LogP contribution in [0.1, 0.15) is 5.56 Å². The van der Waals surface area contributed by atoms with Gasteiger partial charge in [-0.05, 0) is 11.6 Å². The van der Waals surface area contributed by atoms with Crippen molar-refractivity contribution in [1.82, 2.24) is 5.32 Å². The van der Waals surface area contributed by atoms with Crippen molar-refractivity contribution in [2.75, 3.05) is 26.9 Å². The van der Waals surface area contributed by atoms with Crippen molar-refractivity contribution in [1.29, 1.82) is 0 Å². The minimum Gasteiger partial charge on any atom is -0.481 e. The Bertz CT molecular complexity index is 479. The summed E-state index contributed by atoms with van der Waals surface area (Å²) >= 11 is 5.60. The van der Waals surface area contributed by atoms with E-state index in [0.717, 1.165) is 5.56 Å². The van der Waals surface area contributed by atoms with Crippen LogP contribution in [-0.2, 0) is 11.3 Å². The summed E-state index contributed by atoms with van der Waals surface area (Å²) in [7, 11) is 1.62. The summed E-state index contributed by atoms with van der Waals surface area (Å²) in [4.78, 5) is 10.4. The van der Waals surface area contributed by atoms with E-state index in [9.17, 15) is 10.1 Å². The van der Waals surface area contributed by atoms with Crippen molar-refractivity contribution < 1.29 is 14.4 Å². The SMILES string of the molecule is C=C(Cl)COc1cc(CNCCOC)ccc1[N+](=O)[O-]. The minimum atomic E-state index is -0.492. The smallest absolute Gasteiger partial charge is 0.310 e. The molecule has 0 atom stereocenters. The van der Waals surface area contributed by atoms with Crippen LogP contribution >= 0.6 is 11.6 Å². The van der Waals surface area contributed by atoms with Gasteiger partial charge in [0.1, 0.15) is 6.61 Å². The zero-order valence-corrected chi connectivity index (χ0v) is 12.0. The van der Waals surface area contributed by atoms with Gasteiger partial charge in [-0.25, -0.2) is 0 Å². The van der Waals surface area contributed by atoms with Gasteiger partial charge < -0.3 is 14.8 Å². The third-order valence-corrected chi connectivity index (χ3v) is 2.53. The van der Waals surface area contributed by atoms with Crippen LogP contribution in [0.5, 0.6) is 5.75 Å². The van der Waals surface area contributed by atoms with E-state index in [2.05, 4.69) is 11.9 Å². The summed E-state index contributed by atoms with van der Waals surface area (Å²) in [6.07, 6.45) is 0. The number of halogens is 1. The molecule has 0 amide bonds. The quantitative estimate of drug-likeness (QED) is 0.431. The largest absolute Gasteiger partial charge is 0.481 e. The number of rotatable bonds is 9. The summed E-state index contributed by atoms with van der Waals surface area (Å²) in [6.45, 7) is 5.38. The maximum atomic E-state index is 10.9. The van der Waals surface area contributed by atoms with Crippen molar-refractivity contribution >= 4 is 17.3 Å². The second kappa shape index (κ2) is 8.52. The number of nitro groups is 1. The van der Waals surface area contributed by atoms with Crippen LogP contribution in [0.2, 0.25) is 0 Å². The Morgan fingerprint density at radius 1 is 1.55 bits per heavy atom. The van der Waals surface area contributed by atoms with Gasteiger partial charge in [-0.15, -0.1) is 0 Å². The van der Waals surface area contributed by atoms with E-state index in [-0.39, 0.29) is 23.1 Å². The van der Waals surface area contributed by atoms with E-state index >= 15 is 0 Å². The second-order valence-electron chi connectivity index (χ2n) is 4.03. The van der Waals surface area contributed by atoms with Gasteiger partial charge in [0.25, 0.3) is 0 Å². The number of ether oxygens (including phenoxy) is 2. The molecule has 0 aliphatic rings. The predicted octanol–water partition coefficient (Wildman–Crippen LogP) is 2.46. The molecule has 0 saturated heterocycles. The number of methoxy groups -OCH3 is 1. The maximum absolute atomic E-state index is 10.9. The first kappa shape index (κ1) is 16.4. The number of benzene rings is 1. The van der Waals surface area contributed by atoms with Crippen molar-refractivity contribution in [3.8, 4) is 5.75 Å². The molecule has 1 aromatic rings. The van der Waals surface area contributed by atoms with Gasteiger partial charge in [-0.2, -0.15) is 0 Å². The molecule has 110 valence electrons. The van der Waals surface area contributed by atoms with Gasteiger partial charge in [-0.3, -0.25) is 10.1 Å². The molecule has 0 saturated carbocycles. The highest BCUT2D eigenvalue weighted by Gasteiger charge is 2.15. The van der Waals surface area contributed by atoms with Crippen LogP contribution in [-0.4, -0.2) is 31.8 Å². The van der Waals surface area contributed by atoms with E-state index in [4.69, 9.17) is 21.1 Å². The molecular weight excluding hydrogens is 284 g/mol. The van der Waals surface area contributed by atoms with Crippen LogP contribution in [0, 0.1) is 10.1 Å². The normalized spacial score (nSPS) is 10.3. The summed E-state index contributed by atoms with van der Waals surface area (Å²) in [6, 6.07) is 4.72. The molecule has 0 bridgehead atoms. The number of hydrogen-bond donors (Lipinski definition) is 1. The molecule has 0 unspecified atom stereocenters. The zero-order chi connectivity index (χ0) is 15.0. The summed E-state index contributed by atoms with van der Waals surface area (Å²) < 4.78 is 10.2. The number of hydrogen-bond acceptors (Lipinski definition) is 5. The van der Waals surface area contributed by atoms with E-state index in [1.165, 1.54) is 6.07 Å². The molecule has 0 heterocycles. The third-order valence-electron chi connectivity index (χ3n) is 2.42. The highest BCUT2D eigenvalue weighted by atomic mass is 35.5. The lowest BCUT2D eigenvalue weighted by Gasteiger charge is -2.09. The van der Waals surface area contributed by atoms with E-state index in [0.29, 0.717) is 19.7 Å². The first-order chi connectivity index (χ1) is 9.54. The van der Waals surface area contributed by atoms with Crippen molar-refractivity contribution in [3.05, 3.63) is 45.5 Å². The summed E-state index contributed by atoms with van der Waals surface area (Å²) in [5, 5.41) is 14.3. The van der Waals surface area contributed by atoms with E-state index in [1.54, 1.807) is 19.2 Å². The molecule has 0 aliphatic heterocycles. The fourth-order valence-corrected chi connectivity index (χ4v) is 1.55. The van der Waals surface area contributed by atoms with Gasteiger partial charge >= 0.3 is 5.69 Å². The monoisotopic (exact) mass is 300 g/mol. The fourth-order valence-electron chi connectivity index (χ4n) is 1.50. The molecule has 0 radical (unpaired) electrons. The molecule has 6 nitrogen and oxygen atoms in total. The number of nitro benzene ring substituents is 1. The summed E-state index contributed by atoms with van der Waals surface area (Å²) in [5.74, 6) is 0.183. The molecular formula is C13H17ClN2O4.